The number of benzene rings is 2. The molecule has 0 aliphatic rings. The monoisotopic (exact) mass is 327 g/mol. The largest absolute Gasteiger partial charge is 0.550 e. The maximum atomic E-state index is 13.3. The summed E-state index contributed by atoms with van der Waals surface area (Å²) >= 11 is 0. The maximum Gasteiger partial charge on any atom is 0.550 e. The fourth-order valence-electron chi connectivity index (χ4n) is 1.96. The van der Waals surface area contributed by atoms with Crippen LogP contribution in [-0.2, 0) is 4.57 Å². The topological polar surface area (TPSA) is 57.5 Å². The van der Waals surface area contributed by atoms with E-state index in [1.165, 1.54) is 12.3 Å². The van der Waals surface area contributed by atoms with Crippen molar-refractivity contribution in [2.45, 2.75) is 0 Å². The van der Waals surface area contributed by atoms with Gasteiger partial charge in [-0.2, -0.15) is 4.34 Å². The van der Waals surface area contributed by atoms with Crippen LogP contribution in [0.2, 0.25) is 0 Å². The SMILES string of the molecule is O=c1ccccn1P(=O)(Oc1ccccc1)Oc1ccccc1. The first-order chi connectivity index (χ1) is 11.2. The van der Waals surface area contributed by atoms with Gasteiger partial charge in [0.15, 0.2) is 0 Å². The number of nitrogens with zero attached hydrogens (tertiary/aromatic N) is 1. The number of aromatic nitrogens is 1. The Morgan fingerprint density at radius 3 is 1.65 bits per heavy atom. The highest BCUT2D eigenvalue weighted by Crippen LogP contribution is 2.48. The zero-order valence-electron chi connectivity index (χ0n) is 12.1. The fourth-order valence-corrected chi connectivity index (χ4v) is 3.49. The van der Waals surface area contributed by atoms with Gasteiger partial charge in [0.2, 0.25) is 0 Å². The molecule has 0 fully saturated rings. The van der Waals surface area contributed by atoms with Crippen LogP contribution in [0.3, 0.4) is 0 Å². The van der Waals surface area contributed by atoms with Crippen LogP contribution in [0, 0.1) is 0 Å². The van der Waals surface area contributed by atoms with Crippen LogP contribution in [-0.4, -0.2) is 4.34 Å². The summed E-state index contributed by atoms with van der Waals surface area (Å²) in [5, 5.41) is 0. The van der Waals surface area contributed by atoms with Crippen molar-refractivity contribution in [1.29, 1.82) is 0 Å². The molecule has 0 amide bonds. The average Bonchev–Trinajstić information content (AvgIpc) is 2.57. The summed E-state index contributed by atoms with van der Waals surface area (Å²) in [6.45, 7) is 0. The van der Waals surface area contributed by atoms with Crippen molar-refractivity contribution in [2.24, 2.45) is 0 Å². The van der Waals surface area contributed by atoms with Crippen molar-refractivity contribution in [3.63, 3.8) is 0 Å². The highest BCUT2D eigenvalue weighted by Gasteiger charge is 2.32. The molecule has 0 N–H and O–H groups in total. The summed E-state index contributed by atoms with van der Waals surface area (Å²) in [7, 11) is -3.95. The molecule has 2 aromatic carbocycles. The molecule has 0 aliphatic heterocycles. The molecule has 3 rings (SSSR count). The van der Waals surface area contributed by atoms with E-state index in [-0.39, 0.29) is 0 Å². The number of para-hydroxylation sites is 2. The lowest BCUT2D eigenvalue weighted by Crippen LogP contribution is -2.21. The summed E-state index contributed by atoms with van der Waals surface area (Å²) in [4.78, 5) is 12.1. The molecule has 5 nitrogen and oxygen atoms in total. The normalized spacial score (nSPS) is 11.0. The lowest BCUT2D eigenvalue weighted by atomic mass is 10.3. The van der Waals surface area contributed by atoms with Crippen LogP contribution in [0.15, 0.2) is 89.9 Å². The Labute approximate surface area is 133 Å². The third kappa shape index (κ3) is 3.52. The van der Waals surface area contributed by atoms with E-state index in [4.69, 9.17) is 9.05 Å². The van der Waals surface area contributed by atoms with Gasteiger partial charge in [-0.25, -0.2) is 4.57 Å². The van der Waals surface area contributed by atoms with Crippen molar-refractivity contribution >= 4 is 7.75 Å². The van der Waals surface area contributed by atoms with Crippen LogP contribution < -0.4 is 14.6 Å². The Morgan fingerprint density at radius 2 is 1.17 bits per heavy atom. The molecule has 0 saturated heterocycles. The second kappa shape index (κ2) is 6.55. The van der Waals surface area contributed by atoms with Gasteiger partial charge in [-0.1, -0.05) is 42.5 Å². The molecule has 1 aromatic heterocycles. The zero-order valence-corrected chi connectivity index (χ0v) is 13.0. The molecule has 0 saturated carbocycles. The smallest absolute Gasteiger partial charge is 0.400 e. The molecular weight excluding hydrogens is 313 g/mol. The van der Waals surface area contributed by atoms with Gasteiger partial charge in [-0.15, -0.1) is 0 Å². The van der Waals surface area contributed by atoms with Gasteiger partial charge in [0, 0.05) is 12.3 Å². The molecule has 0 atom stereocenters. The summed E-state index contributed by atoms with van der Waals surface area (Å²) in [5.74, 6) is 0.699. The number of pyridine rings is 1. The van der Waals surface area contributed by atoms with Crippen LogP contribution in [0.4, 0.5) is 0 Å². The first kappa shape index (κ1) is 15.1. The highest BCUT2D eigenvalue weighted by molar-refractivity contribution is 7.53. The van der Waals surface area contributed by atoms with Gasteiger partial charge >= 0.3 is 7.75 Å². The molecule has 0 aliphatic carbocycles. The van der Waals surface area contributed by atoms with E-state index in [1.807, 2.05) is 12.1 Å². The second-order valence-electron chi connectivity index (χ2n) is 4.66. The molecular formula is C17H14NO4P. The third-order valence-corrected chi connectivity index (χ3v) is 4.74. The van der Waals surface area contributed by atoms with Crippen molar-refractivity contribution in [2.75, 3.05) is 0 Å². The van der Waals surface area contributed by atoms with E-state index < -0.39 is 13.3 Å². The molecule has 3 aromatic rings. The van der Waals surface area contributed by atoms with E-state index in [2.05, 4.69) is 0 Å². The van der Waals surface area contributed by atoms with E-state index in [0.29, 0.717) is 11.5 Å². The van der Waals surface area contributed by atoms with Gasteiger partial charge in [0.1, 0.15) is 11.5 Å². The predicted octanol–water partition coefficient (Wildman–Crippen LogP) is 3.96. The van der Waals surface area contributed by atoms with Gasteiger partial charge < -0.3 is 9.05 Å². The summed E-state index contributed by atoms with van der Waals surface area (Å²) in [6.07, 6.45) is 1.38. The van der Waals surface area contributed by atoms with Crippen molar-refractivity contribution < 1.29 is 13.6 Å². The molecule has 0 unspecified atom stereocenters. The molecule has 23 heavy (non-hydrogen) atoms. The summed E-state index contributed by atoms with van der Waals surface area (Å²) < 4.78 is 25.4. The fraction of sp³-hybridized carbons (Fsp3) is 0. The molecule has 0 bridgehead atoms. The molecule has 116 valence electrons. The first-order valence-electron chi connectivity index (χ1n) is 6.95. The quantitative estimate of drug-likeness (QED) is 0.666. The van der Waals surface area contributed by atoms with Gasteiger partial charge in [-0.3, -0.25) is 4.79 Å². The molecule has 0 spiro atoms. The minimum Gasteiger partial charge on any atom is -0.400 e. The molecule has 1 heterocycles. The molecule has 6 heteroatoms. The lowest BCUT2D eigenvalue weighted by Gasteiger charge is -2.20. The minimum atomic E-state index is -3.95. The Balaban J connectivity index is 2.04. The van der Waals surface area contributed by atoms with Crippen LogP contribution in [0.5, 0.6) is 11.5 Å². The summed E-state index contributed by atoms with van der Waals surface area (Å²) in [5.41, 5.74) is -0.470. The van der Waals surface area contributed by atoms with E-state index in [9.17, 15) is 9.36 Å². The van der Waals surface area contributed by atoms with Crippen LogP contribution in [0.1, 0.15) is 0 Å². The standard InChI is InChI=1S/C17H14NO4P/c19-17-13-7-8-14-18(17)23(20,21-15-9-3-1-4-10-15)22-16-11-5-2-6-12-16/h1-14H. The molecule has 0 radical (unpaired) electrons. The average molecular weight is 327 g/mol. The van der Waals surface area contributed by atoms with Crippen molar-refractivity contribution in [3.05, 3.63) is 95.4 Å². The highest BCUT2D eigenvalue weighted by atomic mass is 31.2. The Bertz CT molecular complexity index is 832. The maximum absolute atomic E-state index is 13.3. The number of hydrogen-bond donors (Lipinski definition) is 0. The Morgan fingerprint density at radius 1 is 0.696 bits per heavy atom. The summed E-state index contributed by atoms with van der Waals surface area (Å²) in [6, 6.07) is 21.7. The van der Waals surface area contributed by atoms with Gasteiger partial charge in [-0.05, 0) is 30.3 Å². The first-order valence-corrected chi connectivity index (χ1v) is 8.45. The minimum absolute atomic E-state index is 0.350. The van der Waals surface area contributed by atoms with E-state index >= 15 is 0 Å². The number of hydrogen-bond acceptors (Lipinski definition) is 4. The lowest BCUT2D eigenvalue weighted by molar-refractivity contribution is 0.373. The third-order valence-electron chi connectivity index (χ3n) is 2.99. The Kier molecular flexibility index (Phi) is 4.31. The van der Waals surface area contributed by atoms with Gasteiger partial charge in [0.25, 0.3) is 5.56 Å². The van der Waals surface area contributed by atoms with E-state index in [1.54, 1.807) is 60.7 Å². The zero-order chi connectivity index (χ0) is 16.1. The van der Waals surface area contributed by atoms with Crippen molar-refractivity contribution in [1.82, 2.24) is 4.34 Å². The Hall–Kier alpha value is -2.78. The van der Waals surface area contributed by atoms with Crippen molar-refractivity contribution in [3.8, 4) is 11.5 Å². The van der Waals surface area contributed by atoms with Crippen LogP contribution in [0.25, 0.3) is 0 Å². The number of rotatable bonds is 5. The second-order valence-corrected chi connectivity index (χ2v) is 6.39. The van der Waals surface area contributed by atoms with Gasteiger partial charge in [0.05, 0.1) is 0 Å². The van der Waals surface area contributed by atoms with Crippen LogP contribution >= 0.6 is 7.75 Å². The van der Waals surface area contributed by atoms with E-state index in [0.717, 1.165) is 4.34 Å². The predicted molar refractivity (Wildman–Crippen MR) is 87.8 cm³/mol.